The normalized spacial score (nSPS) is 19.1. The lowest BCUT2D eigenvalue weighted by Gasteiger charge is -2.17. The number of allylic oxidation sites excluding steroid dienone is 1. The van der Waals surface area contributed by atoms with Gasteiger partial charge in [0, 0.05) is 4.24 Å². The molecule has 11 heavy (non-hydrogen) atoms. The Balaban J connectivity index is 2.60. The van der Waals surface area contributed by atoms with Crippen LogP contribution in [0.1, 0.15) is 27.2 Å². The summed E-state index contributed by atoms with van der Waals surface area (Å²) in [6.07, 6.45) is 1.38. The maximum absolute atomic E-state index is 2.28. The smallest absolute Gasteiger partial charge is 0.0392 e. The van der Waals surface area contributed by atoms with Crippen LogP contribution < -0.4 is 0 Å². The molecule has 0 amide bonds. The third-order valence-electron chi connectivity index (χ3n) is 1.94. The van der Waals surface area contributed by atoms with Gasteiger partial charge in [-0.2, -0.15) is 0 Å². The first-order valence-corrected chi connectivity index (χ1v) is 6.15. The van der Waals surface area contributed by atoms with Crippen molar-refractivity contribution in [2.24, 2.45) is 5.92 Å². The Kier molecular flexibility index (Phi) is 3.86. The molecule has 0 aromatic rings. The maximum Gasteiger partial charge on any atom is 0.0392 e. The van der Waals surface area contributed by atoms with Crippen LogP contribution >= 0.6 is 23.5 Å². The Morgan fingerprint density at radius 3 is 2.27 bits per heavy atom. The summed E-state index contributed by atoms with van der Waals surface area (Å²) >= 11 is 4.08. The van der Waals surface area contributed by atoms with Gasteiger partial charge in [-0.3, -0.25) is 0 Å². The first kappa shape index (κ1) is 9.53. The van der Waals surface area contributed by atoms with Crippen molar-refractivity contribution in [2.45, 2.75) is 27.2 Å². The van der Waals surface area contributed by atoms with Gasteiger partial charge in [-0.25, -0.2) is 0 Å². The van der Waals surface area contributed by atoms with Gasteiger partial charge in [-0.15, -0.1) is 23.5 Å². The molecular weight excluding hydrogens is 172 g/mol. The topological polar surface area (TPSA) is 0 Å². The highest BCUT2D eigenvalue weighted by Crippen LogP contribution is 2.38. The van der Waals surface area contributed by atoms with Crippen LogP contribution in [0.5, 0.6) is 0 Å². The average molecular weight is 188 g/mol. The highest BCUT2D eigenvalue weighted by Gasteiger charge is 2.11. The lowest BCUT2D eigenvalue weighted by Crippen LogP contribution is -1.98. The van der Waals surface area contributed by atoms with E-state index in [4.69, 9.17) is 0 Å². The Bertz CT molecular complexity index is 151. The monoisotopic (exact) mass is 188 g/mol. The van der Waals surface area contributed by atoms with Crippen molar-refractivity contribution in [1.29, 1.82) is 0 Å². The molecule has 1 aliphatic rings. The van der Waals surface area contributed by atoms with Crippen molar-refractivity contribution < 1.29 is 0 Å². The van der Waals surface area contributed by atoms with Crippen LogP contribution in [0.15, 0.2) is 9.81 Å². The van der Waals surface area contributed by atoms with E-state index in [9.17, 15) is 0 Å². The zero-order valence-corrected chi connectivity index (χ0v) is 9.15. The van der Waals surface area contributed by atoms with E-state index < -0.39 is 0 Å². The molecule has 1 fully saturated rings. The van der Waals surface area contributed by atoms with Crippen LogP contribution in [0, 0.1) is 5.92 Å². The Morgan fingerprint density at radius 1 is 1.27 bits per heavy atom. The molecule has 0 radical (unpaired) electrons. The summed E-state index contributed by atoms with van der Waals surface area (Å²) in [5.74, 6) is 3.38. The van der Waals surface area contributed by atoms with Gasteiger partial charge in [-0.1, -0.05) is 19.4 Å². The van der Waals surface area contributed by atoms with E-state index in [1.54, 1.807) is 9.81 Å². The lowest BCUT2D eigenvalue weighted by atomic mass is 10.1. The van der Waals surface area contributed by atoms with E-state index in [0.717, 1.165) is 5.92 Å². The quantitative estimate of drug-likeness (QED) is 0.615. The zero-order chi connectivity index (χ0) is 8.27. The standard InChI is InChI=1S/C9H16S2/c1-7(2)8(3)9-10-5-4-6-11-9/h7H,4-6H2,1-3H3. The van der Waals surface area contributed by atoms with E-state index in [0.29, 0.717) is 0 Å². The summed E-state index contributed by atoms with van der Waals surface area (Å²) in [5.41, 5.74) is 1.58. The number of hydrogen-bond acceptors (Lipinski definition) is 2. The van der Waals surface area contributed by atoms with Crippen molar-refractivity contribution in [3.63, 3.8) is 0 Å². The summed E-state index contributed by atoms with van der Waals surface area (Å²) in [7, 11) is 0. The minimum Gasteiger partial charge on any atom is -0.119 e. The molecule has 0 aliphatic carbocycles. The Hall–Kier alpha value is 0.440. The van der Waals surface area contributed by atoms with Crippen LogP contribution in [-0.4, -0.2) is 11.5 Å². The van der Waals surface area contributed by atoms with Crippen molar-refractivity contribution in [1.82, 2.24) is 0 Å². The Labute approximate surface area is 78.2 Å². The number of rotatable bonds is 1. The molecule has 0 aromatic heterocycles. The fraction of sp³-hybridized carbons (Fsp3) is 0.778. The van der Waals surface area contributed by atoms with Gasteiger partial charge in [-0.05, 0) is 30.8 Å². The first-order valence-electron chi connectivity index (χ1n) is 4.18. The first-order chi connectivity index (χ1) is 5.22. The fourth-order valence-corrected chi connectivity index (χ4v) is 3.78. The van der Waals surface area contributed by atoms with E-state index in [2.05, 4.69) is 20.8 Å². The second-order valence-corrected chi connectivity index (χ2v) is 5.64. The van der Waals surface area contributed by atoms with Gasteiger partial charge in [0.15, 0.2) is 0 Å². The van der Waals surface area contributed by atoms with Gasteiger partial charge >= 0.3 is 0 Å². The summed E-state index contributed by atoms with van der Waals surface area (Å²) in [6, 6.07) is 0. The summed E-state index contributed by atoms with van der Waals surface area (Å²) in [4.78, 5) is 0. The van der Waals surface area contributed by atoms with Crippen LogP contribution in [-0.2, 0) is 0 Å². The minimum atomic E-state index is 0.725. The highest BCUT2D eigenvalue weighted by molar-refractivity contribution is 8.22. The molecule has 0 spiro atoms. The summed E-state index contributed by atoms with van der Waals surface area (Å²) in [6.45, 7) is 6.82. The van der Waals surface area contributed by atoms with Gasteiger partial charge in [0.1, 0.15) is 0 Å². The second kappa shape index (κ2) is 4.46. The molecule has 1 saturated heterocycles. The Morgan fingerprint density at radius 2 is 1.82 bits per heavy atom. The van der Waals surface area contributed by atoms with Crippen LogP contribution in [0.2, 0.25) is 0 Å². The molecule has 0 saturated carbocycles. The molecular formula is C9H16S2. The van der Waals surface area contributed by atoms with E-state index in [1.807, 2.05) is 23.5 Å². The van der Waals surface area contributed by atoms with Crippen molar-refractivity contribution in [2.75, 3.05) is 11.5 Å². The van der Waals surface area contributed by atoms with Gasteiger partial charge in [0.25, 0.3) is 0 Å². The predicted octanol–water partition coefficient (Wildman–Crippen LogP) is 3.74. The molecule has 0 aromatic carbocycles. The number of thioether (sulfide) groups is 2. The molecule has 0 N–H and O–H groups in total. The molecule has 0 unspecified atom stereocenters. The molecule has 0 bridgehead atoms. The van der Waals surface area contributed by atoms with Gasteiger partial charge in [0.2, 0.25) is 0 Å². The van der Waals surface area contributed by atoms with Crippen molar-refractivity contribution in [3.05, 3.63) is 9.81 Å². The maximum atomic E-state index is 2.28. The molecule has 64 valence electrons. The zero-order valence-electron chi connectivity index (χ0n) is 7.52. The van der Waals surface area contributed by atoms with Gasteiger partial charge < -0.3 is 0 Å². The minimum absolute atomic E-state index is 0.725. The van der Waals surface area contributed by atoms with E-state index in [-0.39, 0.29) is 0 Å². The van der Waals surface area contributed by atoms with Crippen LogP contribution in [0.4, 0.5) is 0 Å². The largest absolute Gasteiger partial charge is 0.119 e. The van der Waals surface area contributed by atoms with E-state index in [1.165, 1.54) is 17.9 Å². The average Bonchev–Trinajstić information content (AvgIpc) is 2.05. The summed E-state index contributed by atoms with van der Waals surface area (Å²) < 4.78 is 1.59. The van der Waals surface area contributed by atoms with Gasteiger partial charge in [0.05, 0.1) is 0 Å². The molecule has 1 aliphatic heterocycles. The summed E-state index contributed by atoms with van der Waals surface area (Å²) in [5, 5.41) is 0. The van der Waals surface area contributed by atoms with Crippen LogP contribution in [0.25, 0.3) is 0 Å². The van der Waals surface area contributed by atoms with Crippen LogP contribution in [0.3, 0.4) is 0 Å². The third kappa shape index (κ3) is 2.75. The van der Waals surface area contributed by atoms with E-state index >= 15 is 0 Å². The molecule has 1 heterocycles. The molecule has 0 nitrogen and oxygen atoms in total. The van der Waals surface area contributed by atoms with Crippen molar-refractivity contribution in [3.8, 4) is 0 Å². The third-order valence-corrected chi connectivity index (χ3v) is 4.80. The molecule has 1 rings (SSSR count). The number of hydrogen-bond donors (Lipinski definition) is 0. The molecule has 0 atom stereocenters. The SMILES string of the molecule is CC(=C1SCCCS1)C(C)C. The predicted molar refractivity (Wildman–Crippen MR) is 57.1 cm³/mol. The van der Waals surface area contributed by atoms with Crippen molar-refractivity contribution >= 4 is 23.5 Å². The highest BCUT2D eigenvalue weighted by atomic mass is 32.2. The second-order valence-electron chi connectivity index (χ2n) is 3.18. The lowest BCUT2D eigenvalue weighted by molar-refractivity contribution is 0.770. The fourth-order valence-electron chi connectivity index (χ4n) is 0.894. The molecule has 2 heteroatoms.